The van der Waals surface area contributed by atoms with Gasteiger partial charge in [-0.15, -0.1) is 0 Å². The third-order valence-corrected chi connectivity index (χ3v) is 5.72. The molecule has 26 heavy (non-hydrogen) atoms. The largest absolute Gasteiger partial charge is 0.352 e. The number of carbonyl (C=O) groups is 2. The first kappa shape index (κ1) is 18.9. The number of hydrogen-bond donors (Lipinski definition) is 1. The highest BCUT2D eigenvalue weighted by Crippen LogP contribution is 2.23. The van der Waals surface area contributed by atoms with Crippen molar-refractivity contribution in [1.29, 1.82) is 0 Å². The second-order valence-corrected chi connectivity index (χ2v) is 7.72. The minimum Gasteiger partial charge on any atom is -0.352 e. The van der Waals surface area contributed by atoms with E-state index in [-0.39, 0.29) is 11.8 Å². The fourth-order valence-electron chi connectivity index (χ4n) is 4.08. The molecular weight excluding hydrogens is 326 g/mol. The summed E-state index contributed by atoms with van der Waals surface area (Å²) in [7, 11) is 0. The highest BCUT2D eigenvalue weighted by Gasteiger charge is 2.25. The van der Waals surface area contributed by atoms with Crippen molar-refractivity contribution < 1.29 is 9.59 Å². The number of amides is 2. The number of nitrogens with zero attached hydrogens (tertiary/aromatic N) is 2. The van der Waals surface area contributed by atoms with E-state index in [1.165, 1.54) is 19.3 Å². The van der Waals surface area contributed by atoms with Gasteiger partial charge in [0.2, 0.25) is 5.91 Å². The van der Waals surface area contributed by atoms with E-state index in [1.807, 2.05) is 35.2 Å². The molecule has 1 saturated carbocycles. The number of nitrogens with one attached hydrogen (secondary N) is 1. The Kier molecular flexibility index (Phi) is 6.67. The van der Waals surface area contributed by atoms with E-state index < -0.39 is 0 Å². The molecule has 1 aromatic rings. The minimum atomic E-state index is 0.0907. The summed E-state index contributed by atoms with van der Waals surface area (Å²) in [5, 5.41) is 3.24. The molecule has 5 heteroatoms. The number of carbonyl (C=O) groups excluding carboxylic acids is 2. The van der Waals surface area contributed by atoms with Crippen LogP contribution in [0.5, 0.6) is 0 Å². The van der Waals surface area contributed by atoms with Crippen LogP contribution in [-0.4, -0.2) is 60.4 Å². The van der Waals surface area contributed by atoms with Crippen LogP contribution >= 0.6 is 0 Å². The monoisotopic (exact) mass is 357 g/mol. The molecule has 2 amide bonds. The maximum Gasteiger partial charge on any atom is 0.253 e. The number of hydrogen-bond acceptors (Lipinski definition) is 3. The van der Waals surface area contributed by atoms with Gasteiger partial charge < -0.3 is 10.2 Å². The van der Waals surface area contributed by atoms with Crippen LogP contribution in [0.3, 0.4) is 0 Å². The van der Waals surface area contributed by atoms with E-state index in [4.69, 9.17) is 0 Å². The average Bonchev–Trinajstić information content (AvgIpc) is 2.89. The molecule has 1 aromatic carbocycles. The Labute approximate surface area is 156 Å². The Hall–Kier alpha value is -1.88. The van der Waals surface area contributed by atoms with E-state index in [9.17, 15) is 9.59 Å². The molecule has 0 aromatic heterocycles. The first-order valence-electron chi connectivity index (χ1n) is 9.99. The van der Waals surface area contributed by atoms with Crippen LogP contribution in [0.1, 0.15) is 49.4 Å². The van der Waals surface area contributed by atoms with Crippen LogP contribution in [0.25, 0.3) is 0 Å². The van der Waals surface area contributed by atoms with Crippen molar-refractivity contribution in [3.63, 3.8) is 0 Å². The molecule has 1 aliphatic heterocycles. The molecule has 2 unspecified atom stereocenters. The first-order chi connectivity index (χ1) is 12.6. The van der Waals surface area contributed by atoms with E-state index in [1.54, 1.807) is 0 Å². The Bertz CT molecular complexity index is 605. The van der Waals surface area contributed by atoms with Crippen molar-refractivity contribution in [3.8, 4) is 0 Å². The molecule has 1 heterocycles. The van der Waals surface area contributed by atoms with Crippen molar-refractivity contribution in [3.05, 3.63) is 35.9 Å². The second kappa shape index (κ2) is 9.17. The van der Waals surface area contributed by atoms with Crippen molar-refractivity contribution in [2.75, 3.05) is 32.7 Å². The number of benzene rings is 1. The topological polar surface area (TPSA) is 52.7 Å². The quantitative estimate of drug-likeness (QED) is 0.901. The average molecular weight is 357 g/mol. The van der Waals surface area contributed by atoms with Gasteiger partial charge in [-0.25, -0.2) is 0 Å². The lowest BCUT2D eigenvalue weighted by Gasteiger charge is -2.30. The lowest BCUT2D eigenvalue weighted by Crippen LogP contribution is -2.46. The zero-order chi connectivity index (χ0) is 18.4. The predicted molar refractivity (Wildman–Crippen MR) is 103 cm³/mol. The summed E-state index contributed by atoms with van der Waals surface area (Å²) in [6.45, 7) is 5.74. The summed E-state index contributed by atoms with van der Waals surface area (Å²) in [5.41, 5.74) is 0.741. The minimum absolute atomic E-state index is 0.0907. The third-order valence-electron chi connectivity index (χ3n) is 5.72. The third kappa shape index (κ3) is 5.07. The molecule has 0 bridgehead atoms. The standard InChI is InChI=1S/C21H31N3O2/c1-17-8-5-6-11-19(17)22-20(25)16-23-12-7-13-24(15-14-23)21(26)18-9-3-2-4-10-18/h2-4,9-10,17,19H,5-8,11-16H2,1H3,(H,22,25). The molecule has 0 spiro atoms. The Morgan fingerprint density at radius 3 is 2.54 bits per heavy atom. The van der Waals surface area contributed by atoms with Gasteiger partial charge in [0.25, 0.3) is 5.91 Å². The van der Waals surface area contributed by atoms with E-state index in [2.05, 4.69) is 17.1 Å². The zero-order valence-electron chi connectivity index (χ0n) is 15.8. The Balaban J connectivity index is 1.47. The summed E-state index contributed by atoms with van der Waals surface area (Å²) < 4.78 is 0. The molecule has 2 aliphatic rings. The van der Waals surface area contributed by atoms with Crippen molar-refractivity contribution in [2.24, 2.45) is 5.92 Å². The Morgan fingerprint density at radius 2 is 1.77 bits per heavy atom. The van der Waals surface area contributed by atoms with Gasteiger partial charge in [-0.3, -0.25) is 14.5 Å². The highest BCUT2D eigenvalue weighted by atomic mass is 16.2. The van der Waals surface area contributed by atoms with Crippen LogP contribution in [-0.2, 0) is 4.79 Å². The van der Waals surface area contributed by atoms with E-state index in [0.717, 1.165) is 38.0 Å². The normalized spacial score (nSPS) is 24.7. The van der Waals surface area contributed by atoms with Gasteiger partial charge in [0.15, 0.2) is 0 Å². The zero-order valence-corrected chi connectivity index (χ0v) is 15.8. The lowest BCUT2D eigenvalue weighted by atomic mass is 9.86. The SMILES string of the molecule is CC1CCCCC1NC(=O)CN1CCCN(C(=O)c2ccccc2)CC1. The molecule has 2 fully saturated rings. The van der Waals surface area contributed by atoms with Crippen LogP contribution in [0.15, 0.2) is 30.3 Å². The van der Waals surface area contributed by atoms with Crippen LogP contribution in [0.2, 0.25) is 0 Å². The van der Waals surface area contributed by atoms with Crippen LogP contribution in [0, 0.1) is 5.92 Å². The molecule has 1 aliphatic carbocycles. The second-order valence-electron chi connectivity index (χ2n) is 7.72. The van der Waals surface area contributed by atoms with Crippen LogP contribution < -0.4 is 5.32 Å². The highest BCUT2D eigenvalue weighted by molar-refractivity contribution is 5.94. The van der Waals surface area contributed by atoms with Gasteiger partial charge >= 0.3 is 0 Å². The number of rotatable bonds is 4. The predicted octanol–water partition coefficient (Wildman–Crippen LogP) is 2.53. The van der Waals surface area contributed by atoms with Crippen molar-refractivity contribution >= 4 is 11.8 Å². The summed E-state index contributed by atoms with van der Waals surface area (Å²) in [6.07, 6.45) is 5.73. The van der Waals surface area contributed by atoms with Gasteiger partial charge in [-0.2, -0.15) is 0 Å². The molecule has 142 valence electrons. The van der Waals surface area contributed by atoms with Gasteiger partial charge in [0.1, 0.15) is 0 Å². The Morgan fingerprint density at radius 1 is 1.00 bits per heavy atom. The smallest absolute Gasteiger partial charge is 0.253 e. The summed E-state index contributed by atoms with van der Waals surface area (Å²) >= 11 is 0. The molecule has 1 saturated heterocycles. The van der Waals surface area contributed by atoms with Crippen molar-refractivity contribution in [1.82, 2.24) is 15.1 Å². The molecule has 3 rings (SSSR count). The first-order valence-corrected chi connectivity index (χ1v) is 9.99. The van der Waals surface area contributed by atoms with Gasteiger partial charge in [0.05, 0.1) is 6.54 Å². The van der Waals surface area contributed by atoms with Gasteiger partial charge in [0, 0.05) is 37.8 Å². The molecule has 5 nitrogen and oxygen atoms in total. The molecule has 1 N–H and O–H groups in total. The lowest BCUT2D eigenvalue weighted by molar-refractivity contribution is -0.123. The fraction of sp³-hybridized carbons (Fsp3) is 0.619. The van der Waals surface area contributed by atoms with E-state index >= 15 is 0 Å². The fourth-order valence-corrected chi connectivity index (χ4v) is 4.08. The van der Waals surface area contributed by atoms with E-state index in [0.29, 0.717) is 25.0 Å². The molecule has 2 atom stereocenters. The summed E-state index contributed by atoms with van der Waals surface area (Å²) in [5.74, 6) is 0.801. The maximum absolute atomic E-state index is 12.6. The van der Waals surface area contributed by atoms with Gasteiger partial charge in [-0.05, 0) is 37.3 Å². The van der Waals surface area contributed by atoms with Gasteiger partial charge in [-0.1, -0.05) is 38.0 Å². The van der Waals surface area contributed by atoms with Crippen LogP contribution in [0.4, 0.5) is 0 Å². The maximum atomic E-state index is 12.6. The molecule has 0 radical (unpaired) electrons. The summed E-state index contributed by atoms with van der Waals surface area (Å²) in [4.78, 5) is 29.1. The summed E-state index contributed by atoms with van der Waals surface area (Å²) in [6, 6.07) is 9.78. The van der Waals surface area contributed by atoms with Crippen molar-refractivity contribution in [2.45, 2.75) is 45.1 Å². The molecular formula is C21H31N3O2.